The molecule has 1 aliphatic carbocycles. The van der Waals surface area contributed by atoms with E-state index in [9.17, 15) is 13.2 Å². The van der Waals surface area contributed by atoms with Gasteiger partial charge in [-0.3, -0.25) is 4.79 Å². The first-order valence-corrected chi connectivity index (χ1v) is 11.2. The second-order valence-corrected chi connectivity index (χ2v) is 9.67. The maximum absolute atomic E-state index is 12.5. The summed E-state index contributed by atoms with van der Waals surface area (Å²) in [4.78, 5) is 12.7. The molecule has 0 unspecified atom stereocenters. The number of pyridine rings is 1. The molecule has 0 saturated heterocycles. The molecule has 150 valence electrons. The maximum Gasteiger partial charge on any atom is 0.277 e. The smallest absolute Gasteiger partial charge is 0.277 e. The van der Waals surface area contributed by atoms with Crippen molar-refractivity contribution in [2.45, 2.75) is 30.8 Å². The number of anilines is 1. The highest BCUT2D eigenvalue weighted by Gasteiger charge is 2.27. The Hall–Kier alpha value is -2.48. The van der Waals surface area contributed by atoms with Crippen LogP contribution in [0.3, 0.4) is 0 Å². The molecule has 1 aliphatic heterocycles. The van der Waals surface area contributed by atoms with Crippen molar-refractivity contribution in [2.24, 2.45) is 13.0 Å². The van der Waals surface area contributed by atoms with Crippen LogP contribution in [0.1, 0.15) is 19.8 Å². The topological polar surface area (TPSA) is 86.6 Å². The number of rotatable bonds is 5. The van der Waals surface area contributed by atoms with Gasteiger partial charge in [-0.25, -0.2) is 8.42 Å². The molecule has 8 heteroatoms. The minimum atomic E-state index is -3.40. The van der Waals surface area contributed by atoms with Gasteiger partial charge in [-0.1, -0.05) is 0 Å². The molecular formula is C20H24N2O5S. The molecule has 4 rings (SSSR count). The summed E-state index contributed by atoms with van der Waals surface area (Å²) in [5.74, 6) is 1.57. The van der Waals surface area contributed by atoms with E-state index < -0.39 is 9.84 Å². The molecule has 28 heavy (non-hydrogen) atoms. The number of aromatic nitrogens is 1. The molecule has 0 bridgehead atoms. The molecule has 0 spiro atoms. The van der Waals surface area contributed by atoms with E-state index in [1.54, 1.807) is 31.4 Å². The highest BCUT2D eigenvalue weighted by molar-refractivity contribution is 7.90. The number of hydrogen-bond donors (Lipinski definition) is 1. The van der Waals surface area contributed by atoms with Crippen LogP contribution < -0.4 is 20.3 Å². The number of nitrogens with one attached hydrogen (secondary N) is 1. The van der Waals surface area contributed by atoms with Crippen molar-refractivity contribution in [2.75, 3.05) is 24.7 Å². The number of nitrogens with zero attached hydrogens (tertiary/aromatic N) is 1. The number of aryl methyl sites for hydroxylation is 1. The summed E-state index contributed by atoms with van der Waals surface area (Å²) in [6.45, 7) is 3.03. The van der Waals surface area contributed by atoms with Gasteiger partial charge in [-0.15, -0.1) is 0 Å². The van der Waals surface area contributed by atoms with Crippen molar-refractivity contribution < 1.29 is 17.9 Å². The van der Waals surface area contributed by atoms with E-state index in [2.05, 4.69) is 5.32 Å². The van der Waals surface area contributed by atoms with Crippen molar-refractivity contribution in [3.8, 4) is 22.6 Å². The molecule has 1 fully saturated rings. The quantitative estimate of drug-likeness (QED) is 0.824. The molecule has 1 N–H and O–H groups in total. The van der Waals surface area contributed by atoms with E-state index in [1.807, 2.05) is 6.92 Å². The number of ether oxygens (including phenoxy) is 2. The molecule has 2 heterocycles. The molecule has 1 saturated carbocycles. The van der Waals surface area contributed by atoms with Crippen molar-refractivity contribution in [3.63, 3.8) is 0 Å². The third-order valence-electron chi connectivity index (χ3n) is 5.05. The second kappa shape index (κ2) is 6.84. The first-order chi connectivity index (χ1) is 13.2. The van der Waals surface area contributed by atoms with Crippen LogP contribution >= 0.6 is 0 Å². The van der Waals surface area contributed by atoms with Crippen molar-refractivity contribution in [3.05, 3.63) is 34.7 Å². The van der Waals surface area contributed by atoms with Crippen LogP contribution in [0.2, 0.25) is 0 Å². The van der Waals surface area contributed by atoms with Crippen molar-refractivity contribution in [1.82, 2.24) is 4.57 Å². The number of hydrogen-bond acceptors (Lipinski definition) is 6. The van der Waals surface area contributed by atoms with Gasteiger partial charge in [0.2, 0.25) is 0 Å². The molecule has 1 atom stereocenters. The summed E-state index contributed by atoms with van der Waals surface area (Å²) >= 11 is 0. The first kappa shape index (κ1) is 18.9. The van der Waals surface area contributed by atoms with Crippen LogP contribution in [0.15, 0.2) is 34.1 Å². The highest BCUT2D eigenvalue weighted by atomic mass is 32.2. The van der Waals surface area contributed by atoms with Gasteiger partial charge in [0, 0.05) is 30.6 Å². The fourth-order valence-electron chi connectivity index (χ4n) is 3.25. The Morgan fingerprint density at radius 2 is 2.04 bits per heavy atom. The molecule has 0 radical (unpaired) electrons. The lowest BCUT2D eigenvalue weighted by Gasteiger charge is -2.27. The van der Waals surface area contributed by atoms with Crippen LogP contribution in [0.25, 0.3) is 11.1 Å². The number of benzene rings is 1. The van der Waals surface area contributed by atoms with Crippen LogP contribution in [0.4, 0.5) is 5.69 Å². The Labute approximate surface area is 164 Å². The van der Waals surface area contributed by atoms with Gasteiger partial charge in [0.05, 0.1) is 18.0 Å². The molecule has 2 aliphatic rings. The largest absolute Gasteiger partial charge is 0.493 e. The minimum Gasteiger partial charge on any atom is -0.493 e. The van der Waals surface area contributed by atoms with Gasteiger partial charge in [0.25, 0.3) is 5.56 Å². The van der Waals surface area contributed by atoms with Crippen molar-refractivity contribution >= 4 is 15.5 Å². The SMILES string of the molecule is C[C@H]1CNc2c(c(-c3cc(S(C)(=O)=O)ccc3OCC3CC3)cn(C)c2=O)O1. The van der Waals surface area contributed by atoms with Crippen molar-refractivity contribution in [1.29, 1.82) is 0 Å². The van der Waals surface area contributed by atoms with Gasteiger partial charge in [-0.2, -0.15) is 0 Å². The van der Waals surface area contributed by atoms with Gasteiger partial charge < -0.3 is 19.4 Å². The lowest BCUT2D eigenvalue weighted by Crippen LogP contribution is -2.33. The average Bonchev–Trinajstić information content (AvgIpc) is 3.46. The molecule has 7 nitrogen and oxygen atoms in total. The lowest BCUT2D eigenvalue weighted by molar-refractivity contribution is 0.226. The van der Waals surface area contributed by atoms with E-state index in [-0.39, 0.29) is 16.6 Å². The fraction of sp³-hybridized carbons (Fsp3) is 0.450. The second-order valence-electron chi connectivity index (χ2n) is 7.66. The van der Waals surface area contributed by atoms with Gasteiger partial charge in [0.15, 0.2) is 15.6 Å². The van der Waals surface area contributed by atoms with Crippen LogP contribution in [-0.4, -0.2) is 38.5 Å². The third kappa shape index (κ3) is 3.61. The summed E-state index contributed by atoms with van der Waals surface area (Å²) in [6, 6.07) is 4.84. The normalized spacial score (nSPS) is 18.8. The predicted octanol–water partition coefficient (Wildman–Crippen LogP) is 2.44. The Kier molecular flexibility index (Phi) is 4.61. The highest BCUT2D eigenvalue weighted by Crippen LogP contribution is 2.42. The van der Waals surface area contributed by atoms with Gasteiger partial charge >= 0.3 is 0 Å². The molecular weight excluding hydrogens is 380 g/mol. The average molecular weight is 404 g/mol. The molecule has 1 aromatic heterocycles. The Morgan fingerprint density at radius 1 is 1.29 bits per heavy atom. The number of fused-ring (bicyclic) bond motifs is 1. The zero-order chi connectivity index (χ0) is 20.1. The van der Waals surface area contributed by atoms with E-state index in [1.165, 1.54) is 10.8 Å². The van der Waals surface area contributed by atoms with E-state index in [0.29, 0.717) is 47.4 Å². The molecule has 0 amide bonds. The monoisotopic (exact) mass is 404 g/mol. The molecule has 1 aromatic carbocycles. The summed E-state index contributed by atoms with van der Waals surface area (Å²) in [7, 11) is -1.74. The summed E-state index contributed by atoms with van der Waals surface area (Å²) in [5.41, 5.74) is 1.43. The Morgan fingerprint density at radius 3 is 2.71 bits per heavy atom. The van der Waals surface area contributed by atoms with Gasteiger partial charge in [-0.05, 0) is 43.9 Å². The summed E-state index contributed by atoms with van der Waals surface area (Å²) in [5, 5.41) is 3.14. The van der Waals surface area contributed by atoms with Crippen LogP contribution in [0.5, 0.6) is 11.5 Å². The zero-order valence-electron chi connectivity index (χ0n) is 16.2. The van der Waals surface area contributed by atoms with E-state index in [4.69, 9.17) is 9.47 Å². The zero-order valence-corrected chi connectivity index (χ0v) is 17.0. The fourth-order valence-corrected chi connectivity index (χ4v) is 3.89. The van der Waals surface area contributed by atoms with Gasteiger partial charge in [0.1, 0.15) is 17.5 Å². The summed E-state index contributed by atoms with van der Waals surface area (Å²) < 4.78 is 37.7. The molecule has 2 aromatic rings. The lowest BCUT2D eigenvalue weighted by atomic mass is 10.0. The first-order valence-electron chi connectivity index (χ1n) is 9.35. The Bertz CT molecular complexity index is 1090. The standard InChI is InChI=1S/C20H24N2O5S/c1-12-9-21-18-19(27-12)16(10-22(2)20(18)23)15-8-14(28(3,24)25)6-7-17(15)26-11-13-4-5-13/h6-8,10,12-13,21H,4-5,9,11H2,1-3H3/t12-/m0/s1. The predicted molar refractivity (Wildman–Crippen MR) is 107 cm³/mol. The Balaban J connectivity index is 1.91. The van der Waals surface area contributed by atoms with Crippen LogP contribution in [-0.2, 0) is 16.9 Å². The maximum atomic E-state index is 12.5. The van der Waals surface area contributed by atoms with E-state index >= 15 is 0 Å². The summed E-state index contributed by atoms with van der Waals surface area (Å²) in [6.07, 6.45) is 5.03. The van der Waals surface area contributed by atoms with Crippen LogP contribution in [0, 0.1) is 5.92 Å². The number of sulfone groups is 1. The third-order valence-corrected chi connectivity index (χ3v) is 6.17. The minimum absolute atomic E-state index is 0.118. The van der Waals surface area contributed by atoms with E-state index in [0.717, 1.165) is 12.8 Å².